The lowest BCUT2D eigenvalue weighted by molar-refractivity contribution is -0.144. The van der Waals surface area contributed by atoms with E-state index in [0.717, 1.165) is 6.42 Å². The fourth-order valence-electron chi connectivity index (χ4n) is 5.10. The number of fused-ring (bicyclic) bond motifs is 5. The van der Waals surface area contributed by atoms with E-state index in [1.807, 2.05) is 0 Å². The zero-order valence-corrected chi connectivity index (χ0v) is 16.8. The summed E-state index contributed by atoms with van der Waals surface area (Å²) in [5, 5.41) is 3.35. The molecule has 5 unspecified atom stereocenters. The molecule has 2 heterocycles. The molecule has 152 valence electrons. The summed E-state index contributed by atoms with van der Waals surface area (Å²) in [4.78, 5) is 44.7. The van der Waals surface area contributed by atoms with Gasteiger partial charge in [0.1, 0.15) is 0 Å². The number of nitrogens with zero attached hydrogens (tertiary/aromatic N) is 2. The molecule has 1 aliphatic heterocycles. The van der Waals surface area contributed by atoms with Gasteiger partial charge in [-0.25, -0.2) is 0 Å². The highest BCUT2D eigenvalue weighted by atomic mass is 35.5. The van der Waals surface area contributed by atoms with E-state index in [4.69, 9.17) is 11.6 Å². The minimum absolute atomic E-state index is 0.0315. The maximum Gasteiger partial charge on any atom is 0.234 e. The largest absolute Gasteiger partial charge is 0.325 e. The molecular weight excluding hydrogens is 402 g/mol. The highest BCUT2D eigenvalue weighted by Crippen LogP contribution is 2.54. The zero-order chi connectivity index (χ0) is 20.8. The third kappa shape index (κ3) is 3.12. The number of aromatic nitrogens is 1. The Hall–Kier alpha value is -2.99. The maximum absolute atomic E-state index is 13.3. The lowest BCUT2D eigenvalue weighted by atomic mass is 9.85. The number of carbonyl (C=O) groups is 3. The molecule has 3 amide bonds. The second-order valence-corrected chi connectivity index (χ2v) is 8.54. The number of pyridine rings is 1. The molecule has 2 bridgehead atoms. The molecule has 0 spiro atoms. The third-order valence-electron chi connectivity index (χ3n) is 6.39. The van der Waals surface area contributed by atoms with Crippen LogP contribution in [0, 0.1) is 23.7 Å². The van der Waals surface area contributed by atoms with Crippen LogP contribution in [-0.4, -0.2) is 27.6 Å². The van der Waals surface area contributed by atoms with E-state index >= 15 is 0 Å². The predicted octanol–water partition coefficient (Wildman–Crippen LogP) is 3.61. The lowest BCUT2D eigenvalue weighted by Gasteiger charge is -2.28. The van der Waals surface area contributed by atoms with Gasteiger partial charge in [-0.15, -0.1) is 0 Å². The number of allylic oxidation sites excluding steroid dienone is 2. The summed E-state index contributed by atoms with van der Waals surface area (Å²) in [6, 6.07) is 9.74. The van der Waals surface area contributed by atoms with Crippen molar-refractivity contribution in [1.29, 1.82) is 0 Å². The number of benzene rings is 1. The van der Waals surface area contributed by atoms with Crippen molar-refractivity contribution >= 4 is 35.0 Å². The first-order valence-corrected chi connectivity index (χ1v) is 10.4. The Morgan fingerprint density at radius 1 is 1.10 bits per heavy atom. The van der Waals surface area contributed by atoms with E-state index < -0.39 is 6.04 Å². The number of imide groups is 1. The number of hydrogen-bond acceptors (Lipinski definition) is 4. The minimum atomic E-state index is -0.677. The van der Waals surface area contributed by atoms with Crippen molar-refractivity contribution in [2.24, 2.45) is 23.7 Å². The summed E-state index contributed by atoms with van der Waals surface area (Å²) in [6.45, 7) is 0. The van der Waals surface area contributed by atoms with Gasteiger partial charge in [0, 0.05) is 11.2 Å². The molecule has 1 N–H and O–H groups in total. The van der Waals surface area contributed by atoms with Crippen molar-refractivity contribution < 1.29 is 14.4 Å². The molecule has 2 aromatic rings. The molecule has 30 heavy (non-hydrogen) atoms. The Labute approximate surface area is 178 Å². The maximum atomic E-state index is 13.3. The zero-order valence-electron chi connectivity index (χ0n) is 16.1. The Morgan fingerprint density at radius 2 is 1.77 bits per heavy atom. The Kier molecular flexibility index (Phi) is 4.66. The molecule has 2 aliphatic carbocycles. The number of rotatable bonds is 5. The third-order valence-corrected chi connectivity index (χ3v) is 6.65. The Bertz CT molecular complexity index is 1010. The van der Waals surface area contributed by atoms with E-state index in [9.17, 15) is 14.4 Å². The molecular formula is C23H20ClN3O3. The van der Waals surface area contributed by atoms with Gasteiger partial charge in [-0.1, -0.05) is 35.9 Å². The van der Waals surface area contributed by atoms with Crippen molar-refractivity contribution in [2.75, 3.05) is 5.32 Å². The molecule has 1 aromatic heterocycles. The van der Waals surface area contributed by atoms with Gasteiger partial charge in [0.15, 0.2) is 0 Å². The van der Waals surface area contributed by atoms with Crippen LogP contribution in [0.25, 0.3) is 0 Å². The summed E-state index contributed by atoms with van der Waals surface area (Å²) in [5.41, 5.74) is 1.28. The van der Waals surface area contributed by atoms with Crippen LogP contribution in [0.3, 0.4) is 0 Å². The molecule has 0 radical (unpaired) electrons. The number of carbonyl (C=O) groups excluding carboxylic acids is 3. The van der Waals surface area contributed by atoms with Gasteiger partial charge < -0.3 is 5.32 Å². The number of nitrogens with one attached hydrogen (secondary N) is 1. The summed E-state index contributed by atoms with van der Waals surface area (Å²) < 4.78 is 0. The molecule has 6 nitrogen and oxygen atoms in total. The lowest BCUT2D eigenvalue weighted by Crippen LogP contribution is -2.38. The van der Waals surface area contributed by atoms with E-state index in [-0.39, 0.29) is 47.8 Å². The van der Waals surface area contributed by atoms with Gasteiger partial charge in [0.2, 0.25) is 17.7 Å². The van der Waals surface area contributed by atoms with Crippen molar-refractivity contribution in [3.63, 3.8) is 0 Å². The average molecular weight is 422 g/mol. The fourth-order valence-corrected chi connectivity index (χ4v) is 5.23. The summed E-state index contributed by atoms with van der Waals surface area (Å²) in [6.07, 6.45) is 8.13. The fraction of sp³-hybridized carbons (Fsp3) is 0.304. The average Bonchev–Trinajstić information content (AvgIpc) is 3.42. The van der Waals surface area contributed by atoms with Gasteiger partial charge in [-0.2, -0.15) is 0 Å². The van der Waals surface area contributed by atoms with Crippen LogP contribution in [0.15, 0.2) is 60.9 Å². The Morgan fingerprint density at radius 3 is 2.37 bits per heavy atom. The van der Waals surface area contributed by atoms with Crippen LogP contribution < -0.4 is 5.32 Å². The second-order valence-electron chi connectivity index (χ2n) is 8.11. The molecule has 5 atom stereocenters. The molecule has 2 fully saturated rings. The summed E-state index contributed by atoms with van der Waals surface area (Å²) >= 11 is 6.03. The predicted molar refractivity (Wildman–Crippen MR) is 111 cm³/mol. The molecule has 1 aromatic carbocycles. The molecule has 1 saturated carbocycles. The quantitative estimate of drug-likeness (QED) is 0.590. The van der Waals surface area contributed by atoms with E-state index in [1.165, 1.54) is 4.90 Å². The molecule has 7 heteroatoms. The van der Waals surface area contributed by atoms with Crippen molar-refractivity contribution in [2.45, 2.75) is 18.9 Å². The normalized spacial score (nSPS) is 27.4. The first kappa shape index (κ1) is 19.0. The van der Waals surface area contributed by atoms with Crippen LogP contribution >= 0.6 is 11.6 Å². The minimum Gasteiger partial charge on any atom is -0.325 e. The van der Waals surface area contributed by atoms with Gasteiger partial charge in [0.05, 0.1) is 36.2 Å². The van der Waals surface area contributed by atoms with E-state index in [2.05, 4.69) is 22.5 Å². The number of likely N-dealkylation sites (tertiary alicyclic amines) is 1. The second kappa shape index (κ2) is 7.36. The standard InChI is InChI=1S/C23H20ClN3O3/c24-16-7-5-13(6-8-16)18(11-19(28)26-17-2-1-9-25-12-17)27-22(29)20-14-3-4-15(10-14)21(20)23(27)30/h1-9,12,14-15,18,20-21H,10-11H2,(H,26,28). The van der Waals surface area contributed by atoms with Gasteiger partial charge in [0.25, 0.3) is 0 Å². The smallest absolute Gasteiger partial charge is 0.234 e. The molecule has 3 aliphatic rings. The van der Waals surface area contributed by atoms with Crippen molar-refractivity contribution in [3.8, 4) is 0 Å². The molecule has 1 saturated heterocycles. The van der Waals surface area contributed by atoms with Crippen molar-refractivity contribution in [1.82, 2.24) is 9.88 Å². The molecule has 5 rings (SSSR count). The van der Waals surface area contributed by atoms with Gasteiger partial charge in [-0.3, -0.25) is 24.3 Å². The highest BCUT2D eigenvalue weighted by Gasteiger charge is 2.60. The topological polar surface area (TPSA) is 79.4 Å². The monoisotopic (exact) mass is 421 g/mol. The number of hydrogen-bond donors (Lipinski definition) is 1. The van der Waals surface area contributed by atoms with E-state index in [1.54, 1.807) is 48.8 Å². The van der Waals surface area contributed by atoms with Crippen LogP contribution in [0.1, 0.15) is 24.4 Å². The van der Waals surface area contributed by atoms with Crippen LogP contribution in [0.5, 0.6) is 0 Å². The van der Waals surface area contributed by atoms with Crippen molar-refractivity contribution in [3.05, 3.63) is 71.5 Å². The van der Waals surface area contributed by atoms with Crippen LogP contribution in [0.2, 0.25) is 5.02 Å². The van der Waals surface area contributed by atoms with Gasteiger partial charge >= 0.3 is 0 Å². The SMILES string of the molecule is O=C(CC(c1ccc(Cl)cc1)N1C(=O)C2C3C=CC(C3)C2C1=O)Nc1cccnc1. The highest BCUT2D eigenvalue weighted by molar-refractivity contribution is 6.30. The first-order chi connectivity index (χ1) is 14.5. The Balaban J connectivity index is 1.44. The number of amides is 3. The summed E-state index contributed by atoms with van der Waals surface area (Å²) in [7, 11) is 0. The summed E-state index contributed by atoms with van der Waals surface area (Å²) in [5.74, 6) is -0.992. The first-order valence-electron chi connectivity index (χ1n) is 10.0. The number of halogens is 1. The van der Waals surface area contributed by atoms with Gasteiger partial charge in [-0.05, 0) is 48.1 Å². The van der Waals surface area contributed by atoms with E-state index in [0.29, 0.717) is 16.3 Å². The number of anilines is 1. The van der Waals surface area contributed by atoms with Crippen LogP contribution in [-0.2, 0) is 14.4 Å². The van der Waals surface area contributed by atoms with Crippen LogP contribution in [0.4, 0.5) is 5.69 Å².